The lowest BCUT2D eigenvalue weighted by Gasteiger charge is -2.16. The van der Waals surface area contributed by atoms with E-state index in [1.54, 1.807) is 36.5 Å². The average molecular weight is 442 g/mol. The number of benzene rings is 2. The maximum absolute atomic E-state index is 12.2. The van der Waals surface area contributed by atoms with E-state index < -0.39 is 0 Å². The highest BCUT2D eigenvalue weighted by molar-refractivity contribution is 6.18. The lowest BCUT2D eigenvalue weighted by atomic mass is 9.96. The predicted octanol–water partition coefficient (Wildman–Crippen LogP) is 2.74. The molecule has 0 radical (unpaired) electrons. The fourth-order valence-electron chi connectivity index (χ4n) is 2.88. The zero-order valence-electron chi connectivity index (χ0n) is 18.2. The molecular weight excluding hydrogens is 413 g/mol. The molecule has 1 aliphatic heterocycles. The molecule has 2 aromatic rings. The van der Waals surface area contributed by atoms with Crippen LogP contribution >= 0.6 is 0 Å². The molecule has 2 aromatic carbocycles. The molecule has 0 bridgehead atoms. The van der Waals surface area contributed by atoms with Gasteiger partial charge >= 0.3 is 0 Å². The molecule has 8 nitrogen and oxygen atoms in total. The second-order valence-electron chi connectivity index (χ2n) is 6.86. The Kier molecular flexibility index (Phi) is 10.0. The van der Waals surface area contributed by atoms with Crippen molar-refractivity contribution in [2.75, 3.05) is 44.4 Å². The maximum atomic E-state index is 12.2. The minimum atomic E-state index is -0.374. The number of nitrogens with one attached hydrogen (secondary N) is 2. The van der Waals surface area contributed by atoms with Crippen LogP contribution in [0.1, 0.15) is 22.8 Å². The Balaban J connectivity index is 0.000000439. The monoisotopic (exact) mass is 441 g/mol. The van der Waals surface area contributed by atoms with E-state index in [-0.39, 0.29) is 11.7 Å². The van der Waals surface area contributed by atoms with E-state index in [1.807, 2.05) is 20.0 Å². The molecule has 0 atom stereocenters. The van der Waals surface area contributed by atoms with Gasteiger partial charge in [-0.3, -0.25) is 9.59 Å². The summed E-state index contributed by atoms with van der Waals surface area (Å²) < 4.78 is 17.2. The van der Waals surface area contributed by atoms with Crippen molar-refractivity contribution in [1.82, 2.24) is 10.3 Å². The zero-order valence-corrected chi connectivity index (χ0v) is 18.2. The number of fused-ring (bicyclic) bond motifs is 1. The summed E-state index contributed by atoms with van der Waals surface area (Å²) in [6, 6.07) is 11.1. The van der Waals surface area contributed by atoms with Crippen molar-refractivity contribution in [3.8, 4) is 0 Å². The number of nitrogens with zero attached hydrogens (tertiary/aromatic N) is 2. The number of ether oxygens (including phenoxy) is 1. The van der Waals surface area contributed by atoms with Crippen LogP contribution in [-0.4, -0.2) is 56.8 Å². The number of carbonyl (C=O) groups is 2. The van der Waals surface area contributed by atoms with Crippen LogP contribution in [0.15, 0.2) is 53.6 Å². The number of halogens is 1. The number of likely N-dealkylation sites (N-methyl/N-ethyl adjacent to an activating group) is 1. The molecule has 0 fully saturated rings. The average Bonchev–Trinajstić information content (AvgIpc) is 2.93. The first-order valence-corrected chi connectivity index (χ1v) is 10.1. The summed E-state index contributed by atoms with van der Waals surface area (Å²) in [6.45, 7) is 4.74. The highest BCUT2D eigenvalue weighted by Crippen LogP contribution is 2.30. The van der Waals surface area contributed by atoms with Crippen molar-refractivity contribution in [2.24, 2.45) is 5.10 Å². The third-order valence-corrected chi connectivity index (χ3v) is 4.47. The van der Waals surface area contributed by atoms with Crippen molar-refractivity contribution in [1.29, 1.82) is 0 Å². The number of hydrogen-bond acceptors (Lipinski definition) is 6. The first kappa shape index (κ1) is 24.7. The van der Waals surface area contributed by atoms with Gasteiger partial charge in [0, 0.05) is 42.2 Å². The first-order chi connectivity index (χ1) is 15.5. The lowest BCUT2D eigenvalue weighted by Crippen LogP contribution is -2.23. The minimum Gasteiger partial charge on any atom is -0.398 e. The summed E-state index contributed by atoms with van der Waals surface area (Å²) >= 11 is 0. The summed E-state index contributed by atoms with van der Waals surface area (Å²) in [6.07, 6.45) is 4.07. The predicted molar refractivity (Wildman–Crippen MR) is 125 cm³/mol. The van der Waals surface area contributed by atoms with Gasteiger partial charge in [-0.25, -0.2) is 9.82 Å². The summed E-state index contributed by atoms with van der Waals surface area (Å²) in [5.41, 5.74) is 11.1. The van der Waals surface area contributed by atoms with Crippen molar-refractivity contribution in [3.05, 3.63) is 65.5 Å². The highest BCUT2D eigenvalue weighted by atomic mass is 19.1. The Hall–Kier alpha value is -3.56. The third-order valence-electron chi connectivity index (χ3n) is 4.47. The second kappa shape index (κ2) is 13.0. The summed E-state index contributed by atoms with van der Waals surface area (Å²) in [5, 5.41) is 6.45. The molecule has 0 saturated heterocycles. The van der Waals surface area contributed by atoms with E-state index in [1.165, 1.54) is 12.1 Å². The number of nitrogen functional groups attached to an aromatic ring is 1. The van der Waals surface area contributed by atoms with Crippen LogP contribution in [0.25, 0.3) is 5.57 Å². The van der Waals surface area contributed by atoms with Crippen molar-refractivity contribution in [2.45, 2.75) is 6.92 Å². The maximum Gasteiger partial charge on any atom is 0.272 e. The number of allylic oxidation sites excluding steroid dienone is 1. The number of rotatable bonds is 8. The molecule has 0 spiro atoms. The molecule has 170 valence electrons. The van der Waals surface area contributed by atoms with Gasteiger partial charge in [0.15, 0.2) is 0 Å². The van der Waals surface area contributed by atoms with Gasteiger partial charge in [0.2, 0.25) is 6.41 Å². The summed E-state index contributed by atoms with van der Waals surface area (Å²) in [5.74, 6) is -0.553. The number of amides is 2. The van der Waals surface area contributed by atoms with Crippen LogP contribution in [0.3, 0.4) is 0 Å². The number of nitrogens with two attached hydrogens (primary N) is 1. The van der Waals surface area contributed by atoms with E-state index in [2.05, 4.69) is 20.7 Å². The summed E-state index contributed by atoms with van der Waals surface area (Å²) in [4.78, 5) is 25.0. The molecule has 0 aromatic heterocycles. The molecule has 0 saturated carbocycles. The van der Waals surface area contributed by atoms with Gasteiger partial charge in [-0.1, -0.05) is 24.3 Å². The Bertz CT molecular complexity index is 964. The number of carbonyl (C=O) groups excluding carboxylic acids is 2. The molecule has 0 aliphatic carbocycles. The standard InChI is InChI=1S/C17H23N5O3.C6H5F/c1-3-25-7-6-22(2)5-4-12-10-20-21-17(24)14-8-13(19-11-23)9-15(18)16(12)14;7-6-4-2-1-3-5-6/h4,8-11H,3,5-7,18H2,1-2H3,(H,19,23)(H,21,24);1-5H/b12-4+;. The number of anilines is 2. The van der Waals surface area contributed by atoms with Crippen molar-refractivity contribution in [3.63, 3.8) is 0 Å². The largest absolute Gasteiger partial charge is 0.398 e. The molecule has 0 unspecified atom stereocenters. The fraction of sp³-hybridized carbons (Fsp3) is 0.261. The van der Waals surface area contributed by atoms with E-state index in [9.17, 15) is 14.0 Å². The van der Waals surface area contributed by atoms with Gasteiger partial charge < -0.3 is 20.7 Å². The van der Waals surface area contributed by atoms with Crippen LogP contribution in [0, 0.1) is 5.82 Å². The quantitative estimate of drug-likeness (QED) is 0.332. The third kappa shape index (κ3) is 7.60. The Morgan fingerprint density at radius 3 is 2.66 bits per heavy atom. The minimum absolute atomic E-state index is 0.178. The Morgan fingerprint density at radius 1 is 1.28 bits per heavy atom. The van der Waals surface area contributed by atoms with E-state index in [0.717, 1.165) is 12.1 Å². The molecule has 3 rings (SSSR count). The number of hydrazone groups is 1. The Morgan fingerprint density at radius 2 is 2.03 bits per heavy atom. The Labute approximate surface area is 186 Å². The van der Waals surface area contributed by atoms with Crippen molar-refractivity contribution >= 4 is 35.5 Å². The van der Waals surface area contributed by atoms with E-state index >= 15 is 0 Å². The molecular formula is C23H28FN5O3. The van der Waals surface area contributed by atoms with Gasteiger partial charge in [-0.2, -0.15) is 5.10 Å². The van der Waals surface area contributed by atoms with Gasteiger partial charge in [-0.15, -0.1) is 0 Å². The van der Waals surface area contributed by atoms with Gasteiger partial charge in [-0.05, 0) is 38.2 Å². The second-order valence-corrected chi connectivity index (χ2v) is 6.86. The first-order valence-electron chi connectivity index (χ1n) is 10.1. The molecule has 1 aliphatic rings. The van der Waals surface area contributed by atoms with E-state index in [0.29, 0.717) is 48.7 Å². The highest BCUT2D eigenvalue weighted by Gasteiger charge is 2.20. The van der Waals surface area contributed by atoms with E-state index in [4.69, 9.17) is 10.5 Å². The van der Waals surface area contributed by atoms with Crippen LogP contribution in [-0.2, 0) is 9.53 Å². The smallest absolute Gasteiger partial charge is 0.272 e. The summed E-state index contributed by atoms with van der Waals surface area (Å²) in [7, 11) is 1.98. The van der Waals surface area contributed by atoms with Crippen molar-refractivity contribution < 1.29 is 18.7 Å². The van der Waals surface area contributed by atoms with Crippen LogP contribution in [0.5, 0.6) is 0 Å². The van der Waals surface area contributed by atoms with Gasteiger partial charge in [0.25, 0.3) is 5.91 Å². The molecule has 4 N–H and O–H groups in total. The van der Waals surface area contributed by atoms with Crippen LogP contribution < -0.4 is 16.5 Å². The SMILES string of the molecule is CCOCCN(C)C/C=C1\C=NNC(=O)c2cc(NC=O)cc(N)c21.Fc1ccccc1. The van der Waals surface area contributed by atoms with Gasteiger partial charge in [0.05, 0.1) is 18.4 Å². The van der Waals surface area contributed by atoms with Gasteiger partial charge in [0.1, 0.15) is 5.82 Å². The molecule has 32 heavy (non-hydrogen) atoms. The fourth-order valence-corrected chi connectivity index (χ4v) is 2.88. The van der Waals surface area contributed by atoms with Crippen LogP contribution in [0.2, 0.25) is 0 Å². The molecule has 1 heterocycles. The topological polar surface area (TPSA) is 109 Å². The molecule has 2 amide bonds. The molecule has 9 heteroatoms. The normalized spacial score (nSPS) is 13.6. The lowest BCUT2D eigenvalue weighted by molar-refractivity contribution is -0.105. The number of hydrogen-bond donors (Lipinski definition) is 3. The van der Waals surface area contributed by atoms with Crippen LogP contribution in [0.4, 0.5) is 15.8 Å². The zero-order chi connectivity index (χ0) is 23.3.